The summed E-state index contributed by atoms with van der Waals surface area (Å²) in [4.78, 5) is 14.2. The van der Waals surface area contributed by atoms with Gasteiger partial charge in [0.05, 0.1) is 18.1 Å². The Morgan fingerprint density at radius 1 is 1.33 bits per heavy atom. The molecule has 0 bridgehead atoms. The molecule has 0 aromatic heterocycles. The Morgan fingerprint density at radius 2 is 2.10 bits per heavy atom. The van der Waals surface area contributed by atoms with Crippen LogP contribution in [0.5, 0.6) is 11.5 Å². The van der Waals surface area contributed by atoms with Gasteiger partial charge in [0.25, 0.3) is 0 Å². The van der Waals surface area contributed by atoms with Crippen molar-refractivity contribution in [2.24, 2.45) is 0 Å². The van der Waals surface area contributed by atoms with Gasteiger partial charge in [-0.2, -0.15) is 0 Å². The minimum atomic E-state index is -2.96. The first kappa shape index (κ1) is 14.3. The molecule has 6 nitrogen and oxygen atoms in total. The lowest BCUT2D eigenvalue weighted by molar-refractivity contribution is 0.0908. The fraction of sp³-hybridized carbons (Fsp3) is 0.500. The Bertz CT molecular complexity index is 670. The monoisotopic (exact) mass is 311 g/mol. The largest absolute Gasteiger partial charge is 0.454 e. The van der Waals surface area contributed by atoms with E-state index >= 15 is 0 Å². The second-order valence-corrected chi connectivity index (χ2v) is 7.65. The highest BCUT2D eigenvalue weighted by Crippen LogP contribution is 2.32. The Balaban J connectivity index is 1.69. The van der Waals surface area contributed by atoms with Gasteiger partial charge >= 0.3 is 0 Å². The van der Waals surface area contributed by atoms with E-state index in [2.05, 4.69) is 0 Å². The number of hydrogen-bond donors (Lipinski definition) is 0. The molecule has 7 heteroatoms. The van der Waals surface area contributed by atoms with Gasteiger partial charge in [-0.15, -0.1) is 0 Å². The van der Waals surface area contributed by atoms with Crippen molar-refractivity contribution < 1.29 is 22.7 Å². The fourth-order valence-electron chi connectivity index (χ4n) is 2.61. The van der Waals surface area contributed by atoms with Crippen molar-refractivity contribution in [2.45, 2.75) is 13.0 Å². The highest BCUT2D eigenvalue weighted by molar-refractivity contribution is 7.91. The van der Waals surface area contributed by atoms with E-state index in [0.29, 0.717) is 23.6 Å². The van der Waals surface area contributed by atoms with Crippen LogP contribution in [-0.2, 0) is 9.84 Å². The Kier molecular flexibility index (Phi) is 3.62. The first-order valence-electron chi connectivity index (χ1n) is 6.82. The van der Waals surface area contributed by atoms with Gasteiger partial charge in [-0.25, -0.2) is 8.42 Å². The summed E-state index contributed by atoms with van der Waals surface area (Å²) in [5.41, 5.74) is 0.555. The summed E-state index contributed by atoms with van der Waals surface area (Å²) in [6, 6.07) is 4.97. The lowest BCUT2D eigenvalue weighted by Gasteiger charge is -2.32. The van der Waals surface area contributed by atoms with Crippen molar-refractivity contribution in [3.63, 3.8) is 0 Å². The Morgan fingerprint density at radius 3 is 2.86 bits per heavy atom. The van der Waals surface area contributed by atoms with Crippen LogP contribution in [0.2, 0.25) is 0 Å². The van der Waals surface area contributed by atoms with E-state index in [9.17, 15) is 13.2 Å². The van der Waals surface area contributed by atoms with Crippen LogP contribution >= 0.6 is 0 Å². The molecule has 0 N–H and O–H groups in total. The average Bonchev–Trinajstić information content (AvgIpc) is 2.88. The van der Waals surface area contributed by atoms with Gasteiger partial charge in [0.15, 0.2) is 27.1 Å². The zero-order chi connectivity index (χ0) is 15.0. The number of ether oxygens (including phenoxy) is 2. The molecule has 1 saturated heterocycles. The van der Waals surface area contributed by atoms with Crippen molar-refractivity contribution in [3.8, 4) is 11.5 Å². The maximum atomic E-state index is 12.3. The van der Waals surface area contributed by atoms with Crippen molar-refractivity contribution in [3.05, 3.63) is 23.8 Å². The molecule has 1 aromatic carbocycles. The standard InChI is InChI=1S/C14H17NO5S/c1-10-8-21(17,18)5-4-15(10)7-12(16)11-2-3-13-14(6-11)20-9-19-13/h2-3,6,10H,4-5,7-9H2,1H3. The van der Waals surface area contributed by atoms with Crippen LogP contribution in [0.3, 0.4) is 0 Å². The number of carbonyl (C=O) groups is 1. The maximum Gasteiger partial charge on any atom is 0.231 e. The molecule has 1 unspecified atom stereocenters. The lowest BCUT2D eigenvalue weighted by atomic mass is 10.1. The number of ketones is 1. The highest BCUT2D eigenvalue weighted by atomic mass is 32.2. The van der Waals surface area contributed by atoms with Crippen molar-refractivity contribution in [2.75, 3.05) is 31.4 Å². The van der Waals surface area contributed by atoms with E-state index in [1.54, 1.807) is 18.2 Å². The quantitative estimate of drug-likeness (QED) is 0.766. The number of fused-ring (bicyclic) bond motifs is 1. The zero-order valence-corrected chi connectivity index (χ0v) is 12.6. The summed E-state index contributed by atoms with van der Waals surface area (Å²) >= 11 is 0. The smallest absolute Gasteiger partial charge is 0.231 e. The molecular weight excluding hydrogens is 294 g/mol. The topological polar surface area (TPSA) is 72.9 Å². The predicted octanol–water partition coefficient (Wildman–Crippen LogP) is 0.717. The lowest BCUT2D eigenvalue weighted by Crippen LogP contribution is -2.48. The van der Waals surface area contributed by atoms with E-state index in [4.69, 9.17) is 9.47 Å². The summed E-state index contributed by atoms with van der Waals surface area (Å²) in [7, 11) is -2.96. The van der Waals surface area contributed by atoms with Gasteiger partial charge in [-0.3, -0.25) is 9.69 Å². The molecule has 2 aliphatic heterocycles. The molecule has 0 saturated carbocycles. The fourth-order valence-corrected chi connectivity index (χ4v) is 4.24. The maximum absolute atomic E-state index is 12.3. The van der Waals surface area contributed by atoms with Gasteiger partial charge in [0.2, 0.25) is 6.79 Å². The number of Topliss-reactive ketones (excluding diaryl/α,β-unsaturated/α-hetero) is 1. The van der Waals surface area contributed by atoms with Crippen LogP contribution in [0.15, 0.2) is 18.2 Å². The van der Waals surface area contributed by atoms with Crippen LogP contribution in [0, 0.1) is 0 Å². The van der Waals surface area contributed by atoms with Crippen LogP contribution in [0.1, 0.15) is 17.3 Å². The number of hydrogen-bond acceptors (Lipinski definition) is 6. The van der Waals surface area contributed by atoms with Gasteiger partial charge < -0.3 is 9.47 Å². The van der Waals surface area contributed by atoms with Crippen molar-refractivity contribution in [1.82, 2.24) is 4.90 Å². The second kappa shape index (κ2) is 5.31. The molecule has 3 rings (SSSR count). The van der Waals surface area contributed by atoms with Crippen LogP contribution in [0.4, 0.5) is 0 Å². The molecule has 0 spiro atoms. The molecule has 2 aliphatic rings. The van der Waals surface area contributed by atoms with Gasteiger partial charge in [0, 0.05) is 18.2 Å². The van der Waals surface area contributed by atoms with Gasteiger partial charge in [0.1, 0.15) is 0 Å². The average molecular weight is 311 g/mol. The molecule has 114 valence electrons. The molecule has 1 atom stereocenters. The number of carbonyl (C=O) groups excluding carboxylic acids is 1. The van der Waals surface area contributed by atoms with Crippen LogP contribution in [0.25, 0.3) is 0 Å². The SMILES string of the molecule is CC1CS(=O)(=O)CCN1CC(=O)c1ccc2c(c1)OCO2. The Hall–Kier alpha value is -1.60. The normalized spacial score (nSPS) is 24.0. The van der Waals surface area contributed by atoms with Crippen molar-refractivity contribution in [1.29, 1.82) is 0 Å². The predicted molar refractivity (Wildman–Crippen MR) is 76.6 cm³/mol. The van der Waals surface area contributed by atoms with E-state index in [1.807, 2.05) is 11.8 Å². The first-order chi connectivity index (χ1) is 9.94. The van der Waals surface area contributed by atoms with E-state index in [-0.39, 0.29) is 36.7 Å². The molecule has 1 fully saturated rings. The van der Waals surface area contributed by atoms with Crippen LogP contribution < -0.4 is 9.47 Å². The summed E-state index contributed by atoms with van der Waals surface area (Å²) in [6.07, 6.45) is 0. The first-order valence-corrected chi connectivity index (χ1v) is 8.64. The minimum Gasteiger partial charge on any atom is -0.454 e. The van der Waals surface area contributed by atoms with E-state index in [1.165, 1.54) is 0 Å². The third-order valence-electron chi connectivity index (χ3n) is 3.85. The summed E-state index contributed by atoms with van der Waals surface area (Å²) in [6.45, 7) is 2.63. The molecule has 21 heavy (non-hydrogen) atoms. The number of nitrogens with zero attached hydrogens (tertiary/aromatic N) is 1. The summed E-state index contributed by atoms with van der Waals surface area (Å²) in [5.74, 6) is 1.41. The van der Waals surface area contributed by atoms with E-state index < -0.39 is 9.84 Å². The number of sulfone groups is 1. The minimum absolute atomic E-state index is 0.0422. The zero-order valence-electron chi connectivity index (χ0n) is 11.7. The number of benzene rings is 1. The Labute approximate surface area is 123 Å². The van der Waals surface area contributed by atoms with Crippen molar-refractivity contribution >= 4 is 15.6 Å². The van der Waals surface area contributed by atoms with Gasteiger partial charge in [-0.05, 0) is 25.1 Å². The molecular formula is C14H17NO5S. The molecule has 0 amide bonds. The molecule has 0 aliphatic carbocycles. The molecule has 2 heterocycles. The molecule has 1 aromatic rings. The summed E-state index contributed by atoms with van der Waals surface area (Å²) < 4.78 is 33.6. The summed E-state index contributed by atoms with van der Waals surface area (Å²) in [5, 5.41) is 0. The number of rotatable bonds is 3. The second-order valence-electron chi connectivity index (χ2n) is 5.43. The van der Waals surface area contributed by atoms with E-state index in [0.717, 1.165) is 0 Å². The molecule has 0 radical (unpaired) electrons. The third-order valence-corrected chi connectivity index (χ3v) is 5.64. The highest BCUT2D eigenvalue weighted by Gasteiger charge is 2.29. The third kappa shape index (κ3) is 3.03. The van der Waals surface area contributed by atoms with Crippen LogP contribution in [-0.4, -0.2) is 56.5 Å². The van der Waals surface area contributed by atoms with Gasteiger partial charge in [-0.1, -0.05) is 0 Å².